The summed E-state index contributed by atoms with van der Waals surface area (Å²) in [6.45, 7) is 0. The minimum absolute atomic E-state index is 0.0263. The number of carbonyl (C=O) groups excluding carboxylic acids is 1. The Morgan fingerprint density at radius 1 is 1.60 bits per heavy atom. The van der Waals surface area contributed by atoms with Gasteiger partial charge in [0.2, 0.25) is 5.91 Å². The molecule has 3 nitrogen and oxygen atoms in total. The Morgan fingerprint density at radius 2 is 2.40 bits per heavy atom. The van der Waals surface area contributed by atoms with Crippen molar-refractivity contribution in [2.75, 3.05) is 5.75 Å². The van der Waals surface area contributed by atoms with Crippen molar-refractivity contribution in [1.29, 1.82) is 5.26 Å². The second kappa shape index (κ2) is 4.13. The predicted octanol–water partition coefficient (Wildman–Crippen LogP) is 2.07. The molecule has 0 bridgehead atoms. The fourth-order valence-electron chi connectivity index (χ4n) is 1.36. The molecule has 0 radical (unpaired) electrons. The van der Waals surface area contributed by atoms with Crippen LogP contribution < -0.4 is 5.32 Å². The third-order valence-corrected chi connectivity index (χ3v) is 3.57. The molecule has 1 aromatic carbocycles. The third kappa shape index (κ3) is 2.09. The van der Waals surface area contributed by atoms with Gasteiger partial charge in [-0.25, -0.2) is 0 Å². The summed E-state index contributed by atoms with van der Waals surface area (Å²) >= 11 is 7.33. The van der Waals surface area contributed by atoms with Crippen molar-refractivity contribution >= 4 is 29.3 Å². The van der Waals surface area contributed by atoms with E-state index in [9.17, 15) is 4.79 Å². The lowest BCUT2D eigenvalue weighted by molar-refractivity contribution is -0.118. The molecule has 5 heteroatoms. The molecule has 1 atom stereocenters. The minimum Gasteiger partial charge on any atom is -0.339 e. The number of thioether (sulfide) groups is 1. The molecular formula is C10H7ClN2OS. The van der Waals surface area contributed by atoms with Crippen molar-refractivity contribution in [3.8, 4) is 6.07 Å². The molecule has 1 heterocycles. The summed E-state index contributed by atoms with van der Waals surface area (Å²) in [4.78, 5) is 11.0. The van der Waals surface area contributed by atoms with Gasteiger partial charge in [-0.05, 0) is 17.7 Å². The van der Waals surface area contributed by atoms with Crippen molar-refractivity contribution in [1.82, 2.24) is 5.32 Å². The summed E-state index contributed by atoms with van der Waals surface area (Å²) in [5.74, 6) is 0.494. The van der Waals surface area contributed by atoms with E-state index in [0.29, 0.717) is 16.3 Å². The lowest BCUT2D eigenvalue weighted by Crippen LogP contribution is -2.18. The molecule has 1 amide bonds. The lowest BCUT2D eigenvalue weighted by Gasteiger charge is -2.09. The first kappa shape index (κ1) is 10.3. The van der Waals surface area contributed by atoms with E-state index < -0.39 is 0 Å². The number of nitrogens with zero attached hydrogens (tertiary/aromatic N) is 1. The van der Waals surface area contributed by atoms with Crippen molar-refractivity contribution in [2.24, 2.45) is 0 Å². The molecule has 1 unspecified atom stereocenters. The zero-order chi connectivity index (χ0) is 10.8. The number of nitrogens with one attached hydrogen (secondary N) is 1. The number of amides is 1. The molecule has 15 heavy (non-hydrogen) atoms. The smallest absolute Gasteiger partial charge is 0.231 e. The van der Waals surface area contributed by atoms with Gasteiger partial charge in [0.15, 0.2) is 0 Å². The van der Waals surface area contributed by atoms with Crippen LogP contribution >= 0.6 is 23.4 Å². The number of hydrogen-bond donors (Lipinski definition) is 1. The second-order valence-corrected chi connectivity index (χ2v) is 4.61. The fraction of sp³-hybridized carbons (Fsp3) is 0.200. The fourth-order valence-corrected chi connectivity index (χ4v) is 2.47. The van der Waals surface area contributed by atoms with Gasteiger partial charge in [-0.3, -0.25) is 4.79 Å². The summed E-state index contributed by atoms with van der Waals surface area (Å²) in [7, 11) is 0. The normalized spacial score (nSPS) is 19.7. The monoisotopic (exact) mass is 238 g/mol. The Bertz CT molecular complexity index is 455. The summed E-state index contributed by atoms with van der Waals surface area (Å²) in [6, 6.07) is 7.24. The molecule has 1 aliphatic heterocycles. The average Bonchev–Trinajstić information content (AvgIpc) is 2.66. The van der Waals surface area contributed by atoms with E-state index in [2.05, 4.69) is 5.32 Å². The zero-order valence-corrected chi connectivity index (χ0v) is 9.23. The van der Waals surface area contributed by atoms with Crippen LogP contribution in [0.3, 0.4) is 0 Å². The van der Waals surface area contributed by atoms with E-state index in [1.807, 2.05) is 12.1 Å². The number of rotatable bonds is 1. The maximum absolute atomic E-state index is 11.0. The minimum atomic E-state index is -0.0538. The van der Waals surface area contributed by atoms with Crippen LogP contribution in [0.1, 0.15) is 16.5 Å². The molecular weight excluding hydrogens is 232 g/mol. The van der Waals surface area contributed by atoms with Gasteiger partial charge in [-0.2, -0.15) is 5.26 Å². The lowest BCUT2D eigenvalue weighted by atomic mass is 10.1. The van der Waals surface area contributed by atoms with Crippen LogP contribution in [0.4, 0.5) is 0 Å². The highest BCUT2D eigenvalue weighted by Crippen LogP contribution is 2.32. The van der Waals surface area contributed by atoms with E-state index in [1.54, 1.807) is 12.1 Å². The summed E-state index contributed by atoms with van der Waals surface area (Å²) in [6.07, 6.45) is 0. The van der Waals surface area contributed by atoms with Crippen molar-refractivity contribution in [2.45, 2.75) is 5.37 Å². The summed E-state index contributed by atoms with van der Waals surface area (Å²) in [5, 5.41) is 12.0. The average molecular weight is 239 g/mol. The van der Waals surface area contributed by atoms with Crippen molar-refractivity contribution in [3.05, 3.63) is 34.3 Å². The van der Waals surface area contributed by atoms with Crippen molar-refractivity contribution in [3.63, 3.8) is 0 Å². The molecule has 2 rings (SSSR count). The molecule has 0 aromatic heterocycles. The van der Waals surface area contributed by atoms with Gasteiger partial charge in [0.25, 0.3) is 0 Å². The quantitative estimate of drug-likeness (QED) is 0.815. The second-order valence-electron chi connectivity index (χ2n) is 3.11. The Balaban J connectivity index is 2.30. The van der Waals surface area contributed by atoms with Crippen LogP contribution in [-0.2, 0) is 4.79 Å². The van der Waals surface area contributed by atoms with Gasteiger partial charge in [0, 0.05) is 0 Å². The Morgan fingerprint density at radius 3 is 3.00 bits per heavy atom. The molecule has 1 fully saturated rings. The topological polar surface area (TPSA) is 52.9 Å². The maximum atomic E-state index is 11.0. The highest BCUT2D eigenvalue weighted by atomic mass is 35.5. The molecule has 76 valence electrons. The maximum Gasteiger partial charge on any atom is 0.231 e. The van der Waals surface area contributed by atoms with Gasteiger partial charge in [0.1, 0.15) is 11.4 Å². The van der Waals surface area contributed by atoms with E-state index in [-0.39, 0.29) is 11.3 Å². The Labute approximate surface area is 96.4 Å². The van der Waals surface area contributed by atoms with Crippen molar-refractivity contribution < 1.29 is 4.79 Å². The van der Waals surface area contributed by atoms with Gasteiger partial charge in [0.05, 0.1) is 16.3 Å². The summed E-state index contributed by atoms with van der Waals surface area (Å²) < 4.78 is 0. The Hall–Kier alpha value is -1.18. The summed E-state index contributed by atoms with van der Waals surface area (Å²) in [5.41, 5.74) is 1.35. The van der Waals surface area contributed by atoms with E-state index in [0.717, 1.165) is 5.56 Å². The SMILES string of the molecule is N#Cc1cc(C2NC(=O)CS2)ccc1Cl. The van der Waals surface area contributed by atoms with Crippen LogP contribution in [0.2, 0.25) is 5.02 Å². The molecule has 0 aliphatic carbocycles. The number of carbonyl (C=O) groups is 1. The van der Waals surface area contributed by atoms with Gasteiger partial charge < -0.3 is 5.32 Å². The van der Waals surface area contributed by atoms with Crippen LogP contribution in [0.15, 0.2) is 18.2 Å². The largest absolute Gasteiger partial charge is 0.339 e. The van der Waals surface area contributed by atoms with Gasteiger partial charge in [-0.15, -0.1) is 11.8 Å². The predicted molar refractivity (Wildman–Crippen MR) is 59.5 cm³/mol. The van der Waals surface area contributed by atoms with Gasteiger partial charge in [-0.1, -0.05) is 17.7 Å². The molecule has 1 aromatic rings. The number of nitriles is 1. The van der Waals surface area contributed by atoms with Gasteiger partial charge >= 0.3 is 0 Å². The Kier molecular flexibility index (Phi) is 2.85. The zero-order valence-electron chi connectivity index (χ0n) is 7.66. The standard InChI is InChI=1S/C10H7ClN2OS/c11-8-2-1-6(3-7(8)4-12)10-13-9(14)5-15-10/h1-3,10H,5H2,(H,13,14). The van der Waals surface area contributed by atoms with Crippen LogP contribution in [-0.4, -0.2) is 11.7 Å². The first-order chi connectivity index (χ1) is 7.20. The van der Waals surface area contributed by atoms with E-state index in [4.69, 9.17) is 16.9 Å². The van der Waals surface area contributed by atoms with E-state index >= 15 is 0 Å². The van der Waals surface area contributed by atoms with Crippen LogP contribution in [0.25, 0.3) is 0 Å². The third-order valence-electron chi connectivity index (χ3n) is 2.09. The van der Waals surface area contributed by atoms with Crippen LogP contribution in [0.5, 0.6) is 0 Å². The molecule has 0 spiro atoms. The van der Waals surface area contributed by atoms with E-state index in [1.165, 1.54) is 11.8 Å². The highest BCUT2D eigenvalue weighted by Gasteiger charge is 2.23. The highest BCUT2D eigenvalue weighted by molar-refractivity contribution is 8.00. The molecule has 1 aliphatic rings. The first-order valence-corrected chi connectivity index (χ1v) is 5.74. The number of hydrogen-bond acceptors (Lipinski definition) is 3. The van der Waals surface area contributed by atoms with Crippen LogP contribution in [0, 0.1) is 11.3 Å². The molecule has 0 saturated carbocycles. The molecule has 1 N–H and O–H groups in total. The molecule has 1 saturated heterocycles. The number of benzene rings is 1. The first-order valence-electron chi connectivity index (χ1n) is 4.31. The number of halogens is 1.